The van der Waals surface area contributed by atoms with E-state index in [1.165, 1.54) is 16.2 Å². The number of nitriles is 1. The Morgan fingerprint density at radius 2 is 2.47 bits per heavy atom. The third kappa shape index (κ3) is 2.25. The number of rotatable bonds is 3. The number of carbonyl (C=O) groups is 1. The molecule has 0 saturated heterocycles. The fourth-order valence-corrected chi connectivity index (χ4v) is 3.58. The number of hydrogen-bond acceptors (Lipinski definition) is 4. The molecule has 19 heavy (non-hydrogen) atoms. The van der Waals surface area contributed by atoms with Gasteiger partial charge in [0.2, 0.25) is 5.91 Å². The SMILES string of the molecule is N#Cc1c(NC(=O)Cn2ccnc2)sc2c1CCC2. The molecule has 2 aromatic heterocycles. The topological polar surface area (TPSA) is 70.7 Å². The number of nitrogens with one attached hydrogen (secondary N) is 1. The van der Waals surface area contributed by atoms with Crippen LogP contribution in [0, 0.1) is 11.3 Å². The van der Waals surface area contributed by atoms with Gasteiger partial charge in [-0.3, -0.25) is 4.79 Å². The van der Waals surface area contributed by atoms with Crippen molar-refractivity contribution in [3.63, 3.8) is 0 Å². The van der Waals surface area contributed by atoms with Gasteiger partial charge in [-0.15, -0.1) is 11.3 Å². The van der Waals surface area contributed by atoms with E-state index < -0.39 is 0 Å². The Balaban J connectivity index is 1.77. The summed E-state index contributed by atoms with van der Waals surface area (Å²) >= 11 is 1.53. The van der Waals surface area contributed by atoms with Crippen LogP contribution in [0.25, 0.3) is 0 Å². The van der Waals surface area contributed by atoms with E-state index >= 15 is 0 Å². The van der Waals surface area contributed by atoms with Crippen molar-refractivity contribution >= 4 is 22.2 Å². The van der Waals surface area contributed by atoms with Gasteiger partial charge >= 0.3 is 0 Å². The van der Waals surface area contributed by atoms with Gasteiger partial charge < -0.3 is 9.88 Å². The lowest BCUT2D eigenvalue weighted by Gasteiger charge is -2.04. The van der Waals surface area contributed by atoms with Crippen LogP contribution >= 0.6 is 11.3 Å². The van der Waals surface area contributed by atoms with E-state index in [0.29, 0.717) is 10.6 Å². The highest BCUT2D eigenvalue weighted by atomic mass is 32.1. The number of fused-ring (bicyclic) bond motifs is 1. The Labute approximate surface area is 114 Å². The predicted molar refractivity (Wildman–Crippen MR) is 71.9 cm³/mol. The molecule has 2 aromatic rings. The van der Waals surface area contributed by atoms with Crippen molar-refractivity contribution in [2.24, 2.45) is 0 Å². The fourth-order valence-electron chi connectivity index (χ4n) is 2.32. The first kappa shape index (κ1) is 11.9. The molecule has 0 fully saturated rings. The fraction of sp³-hybridized carbons (Fsp3) is 0.308. The Kier molecular flexibility index (Phi) is 3.05. The third-order valence-corrected chi connectivity index (χ3v) is 4.38. The van der Waals surface area contributed by atoms with Crippen LogP contribution in [0.5, 0.6) is 0 Å². The maximum Gasteiger partial charge on any atom is 0.244 e. The van der Waals surface area contributed by atoms with Crippen molar-refractivity contribution in [2.75, 3.05) is 5.32 Å². The highest BCUT2D eigenvalue weighted by molar-refractivity contribution is 7.16. The van der Waals surface area contributed by atoms with Gasteiger partial charge in [-0.1, -0.05) is 0 Å². The molecule has 0 radical (unpaired) electrons. The number of hydrogen-bond donors (Lipinski definition) is 1. The predicted octanol–water partition coefficient (Wildman–Crippen LogP) is 1.94. The summed E-state index contributed by atoms with van der Waals surface area (Å²) in [5.41, 5.74) is 1.78. The van der Waals surface area contributed by atoms with Crippen LogP contribution < -0.4 is 5.32 Å². The number of thiophene rings is 1. The van der Waals surface area contributed by atoms with E-state index in [0.717, 1.165) is 24.8 Å². The number of nitrogens with zero attached hydrogens (tertiary/aromatic N) is 3. The summed E-state index contributed by atoms with van der Waals surface area (Å²) in [7, 11) is 0. The van der Waals surface area contributed by atoms with Crippen molar-refractivity contribution in [2.45, 2.75) is 25.8 Å². The van der Waals surface area contributed by atoms with E-state index in [9.17, 15) is 10.1 Å². The minimum Gasteiger partial charge on any atom is -0.328 e. The molecular weight excluding hydrogens is 260 g/mol. The molecule has 0 saturated carbocycles. The van der Waals surface area contributed by atoms with Crippen molar-refractivity contribution in [1.29, 1.82) is 5.26 Å². The van der Waals surface area contributed by atoms with Gasteiger partial charge in [-0.2, -0.15) is 5.26 Å². The second kappa shape index (κ2) is 4.86. The molecule has 5 nitrogen and oxygen atoms in total. The molecule has 0 unspecified atom stereocenters. The van der Waals surface area contributed by atoms with E-state index in [1.807, 2.05) is 0 Å². The zero-order valence-corrected chi connectivity index (χ0v) is 11.0. The van der Waals surface area contributed by atoms with Crippen LogP contribution in [-0.4, -0.2) is 15.5 Å². The quantitative estimate of drug-likeness (QED) is 0.928. The van der Waals surface area contributed by atoms with Gasteiger partial charge in [0.1, 0.15) is 17.6 Å². The van der Waals surface area contributed by atoms with Crippen LogP contribution in [0.2, 0.25) is 0 Å². The zero-order valence-electron chi connectivity index (χ0n) is 10.2. The van der Waals surface area contributed by atoms with E-state index in [1.54, 1.807) is 23.3 Å². The lowest BCUT2D eigenvalue weighted by atomic mass is 10.1. The second-order valence-electron chi connectivity index (χ2n) is 4.46. The monoisotopic (exact) mass is 272 g/mol. The third-order valence-electron chi connectivity index (χ3n) is 3.17. The Morgan fingerprint density at radius 3 is 3.21 bits per heavy atom. The molecule has 2 heterocycles. The van der Waals surface area contributed by atoms with Gasteiger partial charge in [-0.25, -0.2) is 4.98 Å². The summed E-state index contributed by atoms with van der Waals surface area (Å²) in [4.78, 5) is 17.0. The summed E-state index contributed by atoms with van der Waals surface area (Å²) in [5, 5.41) is 12.8. The number of imidazole rings is 1. The Morgan fingerprint density at radius 1 is 1.58 bits per heavy atom. The number of anilines is 1. The number of aryl methyl sites for hydroxylation is 1. The number of aromatic nitrogens is 2. The van der Waals surface area contributed by atoms with Gasteiger partial charge in [0.25, 0.3) is 0 Å². The molecule has 0 spiro atoms. The van der Waals surface area contributed by atoms with Crippen LogP contribution in [0.15, 0.2) is 18.7 Å². The molecule has 1 amide bonds. The average molecular weight is 272 g/mol. The van der Waals surface area contributed by atoms with Gasteiger partial charge in [-0.05, 0) is 24.8 Å². The second-order valence-corrected chi connectivity index (χ2v) is 5.56. The summed E-state index contributed by atoms with van der Waals surface area (Å²) in [5.74, 6) is -0.130. The molecule has 1 aliphatic rings. The first-order chi connectivity index (χ1) is 9.28. The van der Waals surface area contributed by atoms with Gasteiger partial charge in [0, 0.05) is 17.3 Å². The summed E-state index contributed by atoms with van der Waals surface area (Å²) in [6, 6.07) is 2.22. The van der Waals surface area contributed by atoms with Crippen molar-refractivity contribution in [3.05, 3.63) is 34.7 Å². The molecule has 0 bridgehead atoms. The molecule has 1 aliphatic carbocycles. The van der Waals surface area contributed by atoms with E-state index in [-0.39, 0.29) is 12.5 Å². The maximum absolute atomic E-state index is 11.9. The highest BCUT2D eigenvalue weighted by Crippen LogP contribution is 2.38. The van der Waals surface area contributed by atoms with Crippen LogP contribution in [0.4, 0.5) is 5.00 Å². The normalized spacial score (nSPS) is 13.0. The van der Waals surface area contributed by atoms with Crippen LogP contribution in [0.3, 0.4) is 0 Å². The number of amides is 1. The molecule has 0 aliphatic heterocycles. The maximum atomic E-state index is 11.9. The van der Waals surface area contributed by atoms with Gasteiger partial charge in [0.05, 0.1) is 11.9 Å². The standard InChI is InChI=1S/C13H12N4OS/c14-6-10-9-2-1-3-11(9)19-13(10)16-12(18)7-17-5-4-15-8-17/h4-5,8H,1-3,7H2,(H,16,18). The first-order valence-electron chi connectivity index (χ1n) is 6.08. The Bertz CT molecular complexity index is 651. The summed E-state index contributed by atoms with van der Waals surface area (Å²) in [6.07, 6.45) is 8.04. The smallest absolute Gasteiger partial charge is 0.244 e. The molecule has 1 N–H and O–H groups in total. The van der Waals surface area contributed by atoms with Crippen molar-refractivity contribution in [1.82, 2.24) is 9.55 Å². The molecule has 0 aromatic carbocycles. The number of carbonyl (C=O) groups excluding carboxylic acids is 1. The van der Waals surface area contributed by atoms with Crippen LogP contribution in [0.1, 0.15) is 22.4 Å². The van der Waals surface area contributed by atoms with Crippen molar-refractivity contribution < 1.29 is 4.79 Å². The lowest BCUT2D eigenvalue weighted by molar-refractivity contribution is -0.116. The highest BCUT2D eigenvalue weighted by Gasteiger charge is 2.22. The minimum absolute atomic E-state index is 0.130. The largest absolute Gasteiger partial charge is 0.328 e. The zero-order chi connectivity index (χ0) is 13.2. The van der Waals surface area contributed by atoms with E-state index in [2.05, 4.69) is 16.4 Å². The molecule has 96 valence electrons. The summed E-state index contributed by atoms with van der Waals surface area (Å²) < 4.78 is 1.70. The Hall–Kier alpha value is -2.13. The van der Waals surface area contributed by atoms with E-state index in [4.69, 9.17) is 0 Å². The van der Waals surface area contributed by atoms with Crippen molar-refractivity contribution in [3.8, 4) is 6.07 Å². The van der Waals surface area contributed by atoms with Gasteiger partial charge in [0.15, 0.2) is 0 Å². The molecule has 3 rings (SSSR count). The molecular formula is C13H12N4OS. The molecule has 6 heteroatoms. The first-order valence-corrected chi connectivity index (χ1v) is 6.90. The summed E-state index contributed by atoms with van der Waals surface area (Å²) in [6.45, 7) is 0.216. The molecule has 0 atom stereocenters. The minimum atomic E-state index is -0.130. The average Bonchev–Trinajstić information content (AvgIpc) is 3.05. The van der Waals surface area contributed by atoms with Crippen LogP contribution in [-0.2, 0) is 24.2 Å². The lowest BCUT2D eigenvalue weighted by Crippen LogP contribution is -2.17.